The van der Waals surface area contributed by atoms with Gasteiger partial charge in [-0.15, -0.1) is 0 Å². The van der Waals surface area contributed by atoms with Crippen molar-refractivity contribution in [1.29, 1.82) is 0 Å². The summed E-state index contributed by atoms with van der Waals surface area (Å²) in [6, 6.07) is 10.3. The summed E-state index contributed by atoms with van der Waals surface area (Å²) in [5.74, 6) is 1.20. The number of aliphatic hydroxyl groups is 1. The van der Waals surface area contributed by atoms with Gasteiger partial charge in [0, 0.05) is 41.3 Å². The van der Waals surface area contributed by atoms with Gasteiger partial charge in [0.1, 0.15) is 12.1 Å². The van der Waals surface area contributed by atoms with Gasteiger partial charge in [-0.05, 0) is 30.5 Å². The van der Waals surface area contributed by atoms with E-state index in [2.05, 4.69) is 44.5 Å². The molecule has 0 aliphatic heterocycles. The highest BCUT2D eigenvalue weighted by atomic mass is 16.3. The van der Waals surface area contributed by atoms with E-state index in [1.807, 2.05) is 12.3 Å². The molecule has 0 bridgehead atoms. The third kappa shape index (κ3) is 2.44. The number of anilines is 1. The molecule has 112 valence electrons. The topological polar surface area (TPSA) is 73.8 Å². The maximum atomic E-state index is 9.42. The molecule has 5 heteroatoms. The van der Waals surface area contributed by atoms with Crippen LogP contribution in [0.25, 0.3) is 10.9 Å². The van der Waals surface area contributed by atoms with Crippen LogP contribution < -0.4 is 5.32 Å². The lowest BCUT2D eigenvalue weighted by Gasteiger charge is -2.30. The Hall–Kier alpha value is -2.40. The summed E-state index contributed by atoms with van der Waals surface area (Å²) in [4.78, 5) is 11.8. The quantitative estimate of drug-likeness (QED) is 0.692. The number of aromatic nitrogens is 3. The predicted molar refractivity (Wildman–Crippen MR) is 85.6 cm³/mol. The van der Waals surface area contributed by atoms with Crippen LogP contribution in [-0.2, 0) is 6.54 Å². The molecular formula is C17H18N4O. The molecule has 1 aromatic carbocycles. The Morgan fingerprint density at radius 2 is 2.14 bits per heavy atom. The van der Waals surface area contributed by atoms with Crippen LogP contribution in [0.5, 0.6) is 0 Å². The van der Waals surface area contributed by atoms with E-state index in [-0.39, 0.29) is 6.10 Å². The van der Waals surface area contributed by atoms with Gasteiger partial charge in [-0.3, -0.25) is 0 Å². The molecule has 3 N–H and O–H groups in total. The highest BCUT2D eigenvalue weighted by molar-refractivity contribution is 5.83. The highest BCUT2D eigenvalue weighted by Crippen LogP contribution is 2.36. The van der Waals surface area contributed by atoms with Crippen molar-refractivity contribution in [3.63, 3.8) is 0 Å². The molecule has 1 aliphatic carbocycles. The second-order valence-corrected chi connectivity index (χ2v) is 5.86. The summed E-state index contributed by atoms with van der Waals surface area (Å²) in [5, 5.41) is 14.0. The van der Waals surface area contributed by atoms with Crippen molar-refractivity contribution >= 4 is 16.7 Å². The van der Waals surface area contributed by atoms with Crippen molar-refractivity contribution < 1.29 is 5.11 Å². The molecule has 1 fully saturated rings. The molecule has 1 saturated carbocycles. The highest BCUT2D eigenvalue weighted by Gasteiger charge is 2.29. The molecule has 0 radical (unpaired) electrons. The number of rotatable bonds is 4. The zero-order valence-corrected chi connectivity index (χ0v) is 12.2. The molecule has 0 unspecified atom stereocenters. The van der Waals surface area contributed by atoms with Crippen LogP contribution >= 0.6 is 0 Å². The standard InChI is InChI=1S/C17H18N4O/c22-13-6-12(7-13)16-8-17(21-10-20-16)19-9-11-2-1-3-15-14(11)4-5-18-15/h1-5,8,10,12-13,18,22H,6-7,9H2,(H,19,20,21). The van der Waals surface area contributed by atoms with Gasteiger partial charge in [0.05, 0.1) is 6.10 Å². The van der Waals surface area contributed by atoms with Crippen molar-refractivity contribution in [3.05, 3.63) is 54.1 Å². The first-order valence-corrected chi connectivity index (χ1v) is 7.58. The lowest BCUT2D eigenvalue weighted by molar-refractivity contribution is 0.0732. The van der Waals surface area contributed by atoms with E-state index < -0.39 is 0 Å². The van der Waals surface area contributed by atoms with Crippen LogP contribution in [0.15, 0.2) is 42.9 Å². The number of nitrogens with zero attached hydrogens (tertiary/aromatic N) is 2. The Morgan fingerprint density at radius 3 is 3.00 bits per heavy atom. The molecule has 0 atom stereocenters. The van der Waals surface area contributed by atoms with E-state index in [9.17, 15) is 5.11 Å². The molecule has 4 rings (SSSR count). The van der Waals surface area contributed by atoms with Crippen LogP contribution in [0.1, 0.15) is 30.0 Å². The van der Waals surface area contributed by atoms with Crippen LogP contribution in [0.2, 0.25) is 0 Å². The molecule has 5 nitrogen and oxygen atoms in total. The smallest absolute Gasteiger partial charge is 0.129 e. The lowest BCUT2D eigenvalue weighted by atomic mass is 9.80. The first kappa shape index (κ1) is 13.3. The van der Waals surface area contributed by atoms with Gasteiger partial charge >= 0.3 is 0 Å². The second kappa shape index (κ2) is 5.42. The zero-order chi connectivity index (χ0) is 14.9. The molecule has 2 aromatic heterocycles. The minimum atomic E-state index is -0.164. The van der Waals surface area contributed by atoms with E-state index in [4.69, 9.17) is 0 Å². The maximum absolute atomic E-state index is 9.42. The molecule has 0 amide bonds. The van der Waals surface area contributed by atoms with Crippen LogP contribution in [0.4, 0.5) is 5.82 Å². The lowest BCUT2D eigenvalue weighted by Crippen LogP contribution is -2.27. The summed E-state index contributed by atoms with van der Waals surface area (Å²) in [6.07, 6.45) is 5.00. The number of H-pyrrole nitrogens is 1. The number of nitrogens with one attached hydrogen (secondary N) is 2. The van der Waals surface area contributed by atoms with E-state index in [1.54, 1.807) is 6.33 Å². The SMILES string of the molecule is OC1CC(c2cc(NCc3cccc4[nH]ccc34)ncn2)C1. The van der Waals surface area contributed by atoms with Crippen LogP contribution in [0, 0.1) is 0 Å². The van der Waals surface area contributed by atoms with Crippen molar-refractivity contribution in [2.24, 2.45) is 0 Å². The molecule has 1 aliphatic rings. The number of aromatic amines is 1. The molecule has 22 heavy (non-hydrogen) atoms. The zero-order valence-electron chi connectivity index (χ0n) is 12.2. The van der Waals surface area contributed by atoms with Crippen molar-refractivity contribution in [2.45, 2.75) is 31.4 Å². The molecule has 0 spiro atoms. The van der Waals surface area contributed by atoms with Crippen LogP contribution in [0.3, 0.4) is 0 Å². The third-order valence-corrected chi connectivity index (χ3v) is 4.36. The second-order valence-electron chi connectivity index (χ2n) is 5.86. The number of fused-ring (bicyclic) bond motifs is 1. The molecule has 3 aromatic rings. The average Bonchev–Trinajstić information content (AvgIpc) is 2.99. The summed E-state index contributed by atoms with van der Waals surface area (Å²) in [5.41, 5.74) is 3.40. The Labute approximate surface area is 128 Å². The van der Waals surface area contributed by atoms with Crippen LogP contribution in [-0.4, -0.2) is 26.2 Å². The minimum absolute atomic E-state index is 0.164. The third-order valence-electron chi connectivity index (χ3n) is 4.36. The Bertz CT molecular complexity index is 792. The van der Waals surface area contributed by atoms with E-state index in [0.29, 0.717) is 5.92 Å². The fourth-order valence-corrected chi connectivity index (χ4v) is 3.01. The van der Waals surface area contributed by atoms with Gasteiger partial charge in [0.2, 0.25) is 0 Å². The summed E-state index contributed by atoms with van der Waals surface area (Å²) in [7, 11) is 0. The van der Waals surface area contributed by atoms with Gasteiger partial charge in [-0.2, -0.15) is 0 Å². The first-order chi connectivity index (χ1) is 10.8. The van der Waals surface area contributed by atoms with Gasteiger partial charge in [0.15, 0.2) is 0 Å². The predicted octanol–water partition coefficient (Wildman–Crippen LogP) is 2.81. The van der Waals surface area contributed by atoms with E-state index in [1.165, 1.54) is 10.9 Å². The first-order valence-electron chi connectivity index (χ1n) is 7.58. The van der Waals surface area contributed by atoms with Crippen molar-refractivity contribution in [1.82, 2.24) is 15.0 Å². The summed E-state index contributed by atoms with van der Waals surface area (Å²) < 4.78 is 0. The number of benzene rings is 1. The summed E-state index contributed by atoms with van der Waals surface area (Å²) in [6.45, 7) is 0.721. The molecular weight excluding hydrogens is 276 g/mol. The monoisotopic (exact) mass is 294 g/mol. The Balaban J connectivity index is 1.49. The summed E-state index contributed by atoms with van der Waals surface area (Å²) >= 11 is 0. The van der Waals surface area contributed by atoms with Crippen molar-refractivity contribution in [3.8, 4) is 0 Å². The molecule has 0 saturated heterocycles. The number of aliphatic hydroxyl groups excluding tert-OH is 1. The average molecular weight is 294 g/mol. The van der Waals surface area contributed by atoms with E-state index >= 15 is 0 Å². The number of hydrogen-bond donors (Lipinski definition) is 3. The van der Waals surface area contributed by atoms with E-state index in [0.717, 1.165) is 36.4 Å². The Morgan fingerprint density at radius 1 is 1.23 bits per heavy atom. The largest absolute Gasteiger partial charge is 0.393 e. The van der Waals surface area contributed by atoms with Gasteiger partial charge in [-0.25, -0.2) is 9.97 Å². The number of hydrogen-bond acceptors (Lipinski definition) is 4. The minimum Gasteiger partial charge on any atom is -0.393 e. The van der Waals surface area contributed by atoms with Crippen molar-refractivity contribution in [2.75, 3.05) is 5.32 Å². The molecule has 2 heterocycles. The van der Waals surface area contributed by atoms with Gasteiger partial charge < -0.3 is 15.4 Å². The fraction of sp³-hybridized carbons (Fsp3) is 0.294. The maximum Gasteiger partial charge on any atom is 0.129 e. The normalized spacial score (nSPS) is 20.8. The van der Waals surface area contributed by atoms with Gasteiger partial charge in [-0.1, -0.05) is 12.1 Å². The van der Waals surface area contributed by atoms with Gasteiger partial charge in [0.25, 0.3) is 0 Å². The fourth-order valence-electron chi connectivity index (χ4n) is 3.01. The Kier molecular flexibility index (Phi) is 3.27.